The molecule has 29 heavy (non-hydrogen) atoms. The predicted octanol–water partition coefficient (Wildman–Crippen LogP) is 4.10. The maximum Gasteiger partial charge on any atom is 0.137 e. The molecular formula is C21H22ClN7. The van der Waals surface area contributed by atoms with E-state index in [1.807, 2.05) is 48.3 Å². The first-order valence-electron chi connectivity index (χ1n) is 9.83. The van der Waals surface area contributed by atoms with E-state index in [1.54, 1.807) is 6.33 Å². The first-order valence-corrected chi connectivity index (χ1v) is 10.3. The molecule has 0 aliphatic heterocycles. The zero-order valence-electron chi connectivity index (χ0n) is 16.0. The summed E-state index contributed by atoms with van der Waals surface area (Å²) in [5.41, 5.74) is 2.74. The van der Waals surface area contributed by atoms with Gasteiger partial charge in [-0.05, 0) is 31.0 Å². The number of halogens is 1. The molecule has 3 aromatic rings. The Morgan fingerprint density at radius 2 is 2.03 bits per heavy atom. The molecule has 0 spiro atoms. The summed E-state index contributed by atoms with van der Waals surface area (Å²) in [6, 6.07) is 6.46. The average Bonchev–Trinajstić information content (AvgIpc) is 3.49. The summed E-state index contributed by atoms with van der Waals surface area (Å²) in [6.07, 6.45) is 14.1. The fraction of sp³-hybridized carbons (Fsp3) is 0.333. The molecule has 3 atom stereocenters. The molecule has 1 saturated carbocycles. The van der Waals surface area contributed by atoms with Crippen molar-refractivity contribution >= 4 is 34.0 Å². The van der Waals surface area contributed by atoms with E-state index in [0.29, 0.717) is 6.04 Å². The number of alkyl halides is 1. The minimum Gasteiger partial charge on any atom is -0.376 e. The Hall–Kier alpha value is -2.93. The van der Waals surface area contributed by atoms with E-state index < -0.39 is 0 Å². The van der Waals surface area contributed by atoms with Gasteiger partial charge >= 0.3 is 0 Å². The molecule has 2 N–H and O–H groups in total. The number of nitrogens with zero attached hydrogens (tertiary/aromatic N) is 5. The number of rotatable bonds is 6. The third kappa shape index (κ3) is 3.58. The SMILES string of the molecule is CNc1ncnc2ccc(N[C@H](c3cn(C4CC4)nn3)[C@H]3C=CC=CC3Cl)cc12. The Bertz CT molecular complexity index is 1090. The van der Waals surface area contributed by atoms with E-state index in [2.05, 4.69) is 43.1 Å². The van der Waals surface area contributed by atoms with Crippen molar-refractivity contribution < 1.29 is 0 Å². The van der Waals surface area contributed by atoms with Crippen LogP contribution >= 0.6 is 11.6 Å². The lowest BCUT2D eigenvalue weighted by Crippen LogP contribution is -2.27. The molecule has 1 unspecified atom stereocenters. The average molecular weight is 408 g/mol. The second kappa shape index (κ2) is 7.48. The lowest BCUT2D eigenvalue weighted by molar-refractivity contribution is 0.548. The molecule has 0 bridgehead atoms. The van der Waals surface area contributed by atoms with Gasteiger partial charge in [0.05, 0.1) is 29.2 Å². The second-order valence-corrected chi connectivity index (χ2v) is 7.98. The molecule has 0 amide bonds. The van der Waals surface area contributed by atoms with Gasteiger partial charge in [-0.25, -0.2) is 14.6 Å². The van der Waals surface area contributed by atoms with Crippen LogP contribution in [-0.2, 0) is 0 Å². The Kier molecular flexibility index (Phi) is 4.67. The monoisotopic (exact) mass is 407 g/mol. The third-order valence-corrected chi connectivity index (χ3v) is 5.89. The summed E-state index contributed by atoms with van der Waals surface area (Å²) in [6.45, 7) is 0. The van der Waals surface area contributed by atoms with E-state index >= 15 is 0 Å². The predicted molar refractivity (Wildman–Crippen MR) is 115 cm³/mol. The third-order valence-electron chi connectivity index (χ3n) is 5.45. The van der Waals surface area contributed by atoms with Crippen molar-refractivity contribution in [1.29, 1.82) is 0 Å². The van der Waals surface area contributed by atoms with Crippen molar-refractivity contribution in [3.63, 3.8) is 0 Å². The van der Waals surface area contributed by atoms with Crippen molar-refractivity contribution in [2.75, 3.05) is 17.7 Å². The Morgan fingerprint density at radius 3 is 2.83 bits per heavy atom. The van der Waals surface area contributed by atoms with Crippen LogP contribution < -0.4 is 10.6 Å². The fourth-order valence-corrected chi connectivity index (χ4v) is 4.05. The van der Waals surface area contributed by atoms with Gasteiger partial charge in [0.15, 0.2) is 0 Å². The molecule has 0 saturated heterocycles. The van der Waals surface area contributed by atoms with Gasteiger partial charge in [0.25, 0.3) is 0 Å². The minimum absolute atomic E-state index is 0.0533. The van der Waals surface area contributed by atoms with E-state index in [0.717, 1.165) is 28.1 Å². The van der Waals surface area contributed by atoms with Crippen LogP contribution in [0.2, 0.25) is 0 Å². The van der Waals surface area contributed by atoms with Gasteiger partial charge in [-0.1, -0.05) is 29.5 Å². The summed E-state index contributed by atoms with van der Waals surface area (Å²) in [4.78, 5) is 8.67. The van der Waals surface area contributed by atoms with Crippen molar-refractivity contribution in [2.24, 2.45) is 5.92 Å². The number of nitrogens with one attached hydrogen (secondary N) is 2. The molecule has 2 aromatic heterocycles. The van der Waals surface area contributed by atoms with Crippen LogP contribution in [0.25, 0.3) is 10.9 Å². The highest BCUT2D eigenvalue weighted by molar-refractivity contribution is 6.22. The van der Waals surface area contributed by atoms with Gasteiger partial charge in [0, 0.05) is 24.0 Å². The van der Waals surface area contributed by atoms with Crippen LogP contribution in [0.5, 0.6) is 0 Å². The van der Waals surface area contributed by atoms with E-state index in [-0.39, 0.29) is 17.3 Å². The first-order chi connectivity index (χ1) is 14.2. The Balaban J connectivity index is 1.51. The highest BCUT2D eigenvalue weighted by atomic mass is 35.5. The molecular weight excluding hydrogens is 386 g/mol. The smallest absolute Gasteiger partial charge is 0.137 e. The molecule has 2 aliphatic carbocycles. The topological polar surface area (TPSA) is 80.5 Å². The lowest BCUT2D eigenvalue weighted by atomic mass is 9.90. The van der Waals surface area contributed by atoms with Crippen molar-refractivity contribution in [2.45, 2.75) is 30.3 Å². The van der Waals surface area contributed by atoms with Crippen molar-refractivity contribution in [3.05, 3.63) is 60.7 Å². The molecule has 2 aliphatic rings. The zero-order chi connectivity index (χ0) is 19.8. The van der Waals surface area contributed by atoms with Gasteiger partial charge in [0.1, 0.15) is 17.8 Å². The van der Waals surface area contributed by atoms with Crippen LogP contribution in [0.15, 0.2) is 55.0 Å². The number of benzene rings is 1. The standard InChI is InChI=1S/C21H22ClN7/c1-23-21-16-10-13(6-9-18(16)24-12-25-21)26-20(15-4-2-3-5-17(15)22)19-11-29(28-27-19)14-7-8-14/h2-6,9-12,14-15,17,20,26H,7-8H2,1H3,(H,23,24,25)/t15-,17?,20-/m0/s1. The van der Waals surface area contributed by atoms with Gasteiger partial charge in [-0.3, -0.25) is 0 Å². The summed E-state index contributed by atoms with van der Waals surface area (Å²) >= 11 is 6.65. The maximum atomic E-state index is 6.65. The molecule has 8 heteroatoms. The van der Waals surface area contributed by atoms with Crippen LogP contribution in [0.3, 0.4) is 0 Å². The quantitative estimate of drug-likeness (QED) is 0.599. The first kappa shape index (κ1) is 18.1. The molecule has 1 aromatic carbocycles. The number of hydrogen-bond donors (Lipinski definition) is 2. The van der Waals surface area contributed by atoms with E-state index in [1.165, 1.54) is 12.8 Å². The normalized spacial score (nSPS) is 22.0. The second-order valence-electron chi connectivity index (χ2n) is 7.47. The van der Waals surface area contributed by atoms with Gasteiger partial charge < -0.3 is 10.6 Å². The van der Waals surface area contributed by atoms with Crippen LogP contribution in [-0.4, -0.2) is 37.4 Å². The van der Waals surface area contributed by atoms with E-state index in [4.69, 9.17) is 11.6 Å². The fourth-order valence-electron chi connectivity index (χ4n) is 3.74. The lowest BCUT2D eigenvalue weighted by Gasteiger charge is -2.28. The summed E-state index contributed by atoms with van der Waals surface area (Å²) in [5, 5.41) is 16.4. The zero-order valence-corrected chi connectivity index (χ0v) is 16.8. The van der Waals surface area contributed by atoms with Gasteiger partial charge in [0.2, 0.25) is 0 Å². The summed E-state index contributed by atoms with van der Waals surface area (Å²) in [7, 11) is 1.86. The van der Waals surface area contributed by atoms with Crippen LogP contribution in [0.4, 0.5) is 11.5 Å². The molecule has 5 rings (SSSR count). The summed E-state index contributed by atoms with van der Waals surface area (Å²) in [5.74, 6) is 0.850. The van der Waals surface area contributed by atoms with Crippen molar-refractivity contribution in [1.82, 2.24) is 25.0 Å². The largest absolute Gasteiger partial charge is 0.376 e. The highest BCUT2D eigenvalue weighted by Gasteiger charge is 2.32. The number of aromatic nitrogens is 5. The molecule has 1 fully saturated rings. The highest BCUT2D eigenvalue weighted by Crippen LogP contribution is 2.37. The Labute approximate surface area is 173 Å². The molecule has 2 heterocycles. The summed E-state index contributed by atoms with van der Waals surface area (Å²) < 4.78 is 1.98. The van der Waals surface area contributed by atoms with Crippen LogP contribution in [0.1, 0.15) is 30.6 Å². The van der Waals surface area contributed by atoms with Crippen molar-refractivity contribution in [3.8, 4) is 0 Å². The number of fused-ring (bicyclic) bond motifs is 1. The number of hydrogen-bond acceptors (Lipinski definition) is 6. The van der Waals surface area contributed by atoms with Gasteiger partial charge in [-0.15, -0.1) is 16.7 Å². The number of anilines is 2. The molecule has 148 valence electrons. The minimum atomic E-state index is -0.125. The van der Waals surface area contributed by atoms with E-state index in [9.17, 15) is 0 Å². The molecule has 7 nitrogen and oxygen atoms in total. The van der Waals surface area contributed by atoms with Crippen LogP contribution in [0, 0.1) is 5.92 Å². The Morgan fingerprint density at radius 1 is 1.17 bits per heavy atom. The maximum absolute atomic E-state index is 6.65. The number of allylic oxidation sites excluding steroid dienone is 3. The van der Waals surface area contributed by atoms with Gasteiger partial charge in [-0.2, -0.15) is 0 Å². The molecule has 0 radical (unpaired) electrons.